The van der Waals surface area contributed by atoms with E-state index in [9.17, 15) is 13.2 Å². The Kier molecular flexibility index (Phi) is 6.12. The first-order valence-corrected chi connectivity index (χ1v) is 7.90. The molecule has 0 heterocycles. The molecule has 1 rings (SSSR count). The fourth-order valence-electron chi connectivity index (χ4n) is 1.58. The lowest BCUT2D eigenvalue weighted by Crippen LogP contribution is -2.16. The molecule has 0 atom stereocenters. The third-order valence-corrected chi connectivity index (χ3v) is 3.53. The van der Waals surface area contributed by atoms with Gasteiger partial charge in [0.1, 0.15) is 0 Å². The first kappa shape index (κ1) is 16.6. The Balaban J connectivity index is 2.63. The molecule has 0 radical (unpaired) electrons. The fraction of sp³-hybridized carbons (Fsp3) is 0.462. The molecule has 0 saturated carbocycles. The third-order valence-electron chi connectivity index (χ3n) is 2.62. The van der Waals surface area contributed by atoms with Crippen molar-refractivity contribution in [2.45, 2.75) is 31.6 Å². The number of benzene rings is 1. The van der Waals surface area contributed by atoms with Gasteiger partial charge in [-0.15, -0.1) is 0 Å². The van der Waals surface area contributed by atoms with Crippen LogP contribution in [0.2, 0.25) is 0 Å². The average Bonchev–Trinajstić information content (AvgIpc) is 2.36. The summed E-state index contributed by atoms with van der Waals surface area (Å²) in [6.45, 7) is 4.71. The molecular formula is C13H20N2O4S. The minimum atomic E-state index is -3.72. The van der Waals surface area contributed by atoms with Crippen LogP contribution in [0.15, 0.2) is 23.1 Å². The summed E-state index contributed by atoms with van der Waals surface area (Å²) < 4.78 is 27.6. The van der Waals surface area contributed by atoms with Crippen molar-refractivity contribution in [1.82, 2.24) is 0 Å². The number of rotatable bonds is 7. The number of anilines is 1. The van der Waals surface area contributed by atoms with Gasteiger partial charge < -0.3 is 10.1 Å². The highest BCUT2D eigenvalue weighted by Gasteiger charge is 2.11. The number of nitrogens with two attached hydrogens (primary N) is 1. The van der Waals surface area contributed by atoms with Crippen LogP contribution in [-0.2, 0) is 19.6 Å². The van der Waals surface area contributed by atoms with E-state index in [1.165, 1.54) is 18.2 Å². The largest absolute Gasteiger partial charge is 0.381 e. The number of carbonyl (C=O) groups excluding carboxylic acids is 1. The van der Waals surface area contributed by atoms with Gasteiger partial charge in [-0.3, -0.25) is 4.79 Å². The van der Waals surface area contributed by atoms with Gasteiger partial charge in [-0.2, -0.15) is 0 Å². The van der Waals surface area contributed by atoms with Gasteiger partial charge in [-0.25, -0.2) is 13.6 Å². The molecular weight excluding hydrogens is 280 g/mol. The van der Waals surface area contributed by atoms with Crippen LogP contribution in [0.3, 0.4) is 0 Å². The number of hydrogen-bond donors (Lipinski definition) is 2. The summed E-state index contributed by atoms with van der Waals surface area (Å²) in [5.41, 5.74) is 1.21. The molecule has 0 bridgehead atoms. The summed E-state index contributed by atoms with van der Waals surface area (Å²) >= 11 is 0. The third kappa shape index (κ3) is 5.28. The van der Waals surface area contributed by atoms with Crippen molar-refractivity contribution in [3.05, 3.63) is 23.8 Å². The average molecular weight is 300 g/mol. The van der Waals surface area contributed by atoms with E-state index in [0.717, 1.165) is 6.42 Å². The van der Waals surface area contributed by atoms with Crippen molar-refractivity contribution in [3.8, 4) is 0 Å². The number of ether oxygens (including phenoxy) is 1. The molecule has 112 valence electrons. The van der Waals surface area contributed by atoms with Crippen LogP contribution in [-0.4, -0.2) is 27.5 Å². The molecule has 3 N–H and O–H groups in total. The zero-order valence-electron chi connectivity index (χ0n) is 11.7. The maximum Gasteiger partial charge on any atom is 0.238 e. The number of aryl methyl sites for hydroxylation is 1. The molecule has 0 fully saturated rings. The topological polar surface area (TPSA) is 98.5 Å². The molecule has 0 saturated heterocycles. The quantitative estimate of drug-likeness (QED) is 0.743. The minimum Gasteiger partial charge on any atom is -0.381 e. The highest BCUT2D eigenvalue weighted by molar-refractivity contribution is 7.89. The van der Waals surface area contributed by atoms with Crippen LogP contribution in [0, 0.1) is 6.92 Å². The number of nitrogens with one attached hydrogen (secondary N) is 1. The Morgan fingerprint density at radius 3 is 2.60 bits per heavy atom. The van der Waals surface area contributed by atoms with Crippen LogP contribution in [0.25, 0.3) is 0 Å². The van der Waals surface area contributed by atoms with Gasteiger partial charge >= 0.3 is 0 Å². The van der Waals surface area contributed by atoms with E-state index in [0.29, 0.717) is 24.5 Å². The van der Waals surface area contributed by atoms with Crippen LogP contribution < -0.4 is 10.5 Å². The van der Waals surface area contributed by atoms with Gasteiger partial charge in [0.2, 0.25) is 15.9 Å². The van der Waals surface area contributed by atoms with E-state index in [-0.39, 0.29) is 17.2 Å². The van der Waals surface area contributed by atoms with Gasteiger partial charge in [0.05, 0.1) is 17.9 Å². The maximum absolute atomic E-state index is 11.7. The molecule has 0 unspecified atom stereocenters. The van der Waals surface area contributed by atoms with E-state index in [1.807, 2.05) is 6.92 Å². The number of amides is 1. The molecule has 7 heteroatoms. The van der Waals surface area contributed by atoms with E-state index in [4.69, 9.17) is 9.88 Å². The summed E-state index contributed by atoms with van der Waals surface area (Å²) in [6.07, 6.45) is 1.17. The van der Waals surface area contributed by atoms with E-state index >= 15 is 0 Å². The maximum atomic E-state index is 11.7. The highest BCUT2D eigenvalue weighted by atomic mass is 32.2. The summed E-state index contributed by atoms with van der Waals surface area (Å²) in [4.78, 5) is 11.7. The Morgan fingerprint density at radius 1 is 1.35 bits per heavy atom. The fourth-order valence-corrected chi connectivity index (χ4v) is 2.18. The molecule has 0 aliphatic heterocycles. The zero-order chi connectivity index (χ0) is 15.2. The predicted molar refractivity (Wildman–Crippen MR) is 76.9 cm³/mol. The molecule has 1 amide bonds. The summed E-state index contributed by atoms with van der Waals surface area (Å²) in [5.74, 6) is -0.174. The highest BCUT2D eigenvalue weighted by Crippen LogP contribution is 2.19. The smallest absolute Gasteiger partial charge is 0.238 e. The zero-order valence-corrected chi connectivity index (χ0v) is 12.5. The minimum absolute atomic E-state index is 0.0271. The molecule has 20 heavy (non-hydrogen) atoms. The van der Waals surface area contributed by atoms with E-state index < -0.39 is 10.0 Å². The molecule has 0 aliphatic carbocycles. The molecule has 1 aromatic carbocycles. The van der Waals surface area contributed by atoms with Crippen molar-refractivity contribution in [1.29, 1.82) is 0 Å². The molecule has 0 aromatic heterocycles. The van der Waals surface area contributed by atoms with Gasteiger partial charge in [0.15, 0.2) is 0 Å². The van der Waals surface area contributed by atoms with E-state index in [1.54, 1.807) is 6.92 Å². The number of carbonyl (C=O) groups is 1. The second-order valence-electron chi connectivity index (χ2n) is 4.43. The monoisotopic (exact) mass is 300 g/mol. The van der Waals surface area contributed by atoms with Gasteiger partial charge in [0.25, 0.3) is 0 Å². The molecule has 0 spiro atoms. The summed E-state index contributed by atoms with van der Waals surface area (Å²) in [7, 11) is -3.72. The normalized spacial score (nSPS) is 11.3. The van der Waals surface area contributed by atoms with Gasteiger partial charge in [-0.05, 0) is 37.1 Å². The first-order valence-electron chi connectivity index (χ1n) is 6.35. The number of hydrogen-bond acceptors (Lipinski definition) is 4. The molecule has 0 aliphatic rings. The molecule has 1 aromatic rings. The number of sulfonamides is 1. The van der Waals surface area contributed by atoms with Crippen LogP contribution in [0.4, 0.5) is 5.69 Å². The standard InChI is InChI=1S/C13H20N2O4S/c1-3-7-19-8-6-13(16)15-12-5-4-11(9-10(12)2)20(14,17)18/h4-5,9H,3,6-8H2,1-2H3,(H,15,16)(H2,14,17,18). The van der Waals surface area contributed by atoms with Crippen LogP contribution >= 0.6 is 0 Å². The van der Waals surface area contributed by atoms with Crippen molar-refractivity contribution >= 4 is 21.6 Å². The van der Waals surface area contributed by atoms with Crippen molar-refractivity contribution in [3.63, 3.8) is 0 Å². The van der Waals surface area contributed by atoms with Gasteiger partial charge in [0, 0.05) is 12.3 Å². The van der Waals surface area contributed by atoms with Gasteiger partial charge in [-0.1, -0.05) is 6.92 Å². The number of primary sulfonamides is 1. The lowest BCUT2D eigenvalue weighted by atomic mass is 10.2. The second-order valence-corrected chi connectivity index (χ2v) is 5.99. The second kappa shape index (κ2) is 7.37. The Bertz CT molecular complexity index is 570. The first-order chi connectivity index (χ1) is 9.34. The SMILES string of the molecule is CCCOCCC(=O)Nc1ccc(S(N)(=O)=O)cc1C. The van der Waals surface area contributed by atoms with Crippen molar-refractivity contribution < 1.29 is 17.9 Å². The van der Waals surface area contributed by atoms with Crippen molar-refractivity contribution in [2.24, 2.45) is 5.14 Å². The molecule has 6 nitrogen and oxygen atoms in total. The van der Waals surface area contributed by atoms with E-state index in [2.05, 4.69) is 5.32 Å². The van der Waals surface area contributed by atoms with Crippen molar-refractivity contribution in [2.75, 3.05) is 18.5 Å². The Labute approximate surface area is 119 Å². The summed E-state index contributed by atoms with van der Waals surface area (Å²) in [5, 5.41) is 7.75. The van der Waals surface area contributed by atoms with Crippen LogP contribution in [0.5, 0.6) is 0 Å². The van der Waals surface area contributed by atoms with Crippen LogP contribution in [0.1, 0.15) is 25.3 Å². The lowest BCUT2D eigenvalue weighted by Gasteiger charge is -2.09. The summed E-state index contributed by atoms with van der Waals surface area (Å²) in [6, 6.07) is 4.32. The lowest BCUT2D eigenvalue weighted by molar-refractivity contribution is -0.117. The predicted octanol–water partition coefficient (Wildman–Crippen LogP) is 1.40. The Morgan fingerprint density at radius 2 is 2.05 bits per heavy atom. The Hall–Kier alpha value is -1.44.